The van der Waals surface area contributed by atoms with Crippen molar-refractivity contribution in [3.8, 4) is 22.4 Å². The van der Waals surface area contributed by atoms with Gasteiger partial charge in [0.05, 0.1) is 11.7 Å². The second-order valence-corrected chi connectivity index (χ2v) is 7.46. The van der Waals surface area contributed by atoms with Gasteiger partial charge in [-0.15, -0.1) is 10.2 Å². The molecule has 3 rings (SSSR count). The van der Waals surface area contributed by atoms with Crippen LogP contribution in [0.15, 0.2) is 34.5 Å². The van der Waals surface area contributed by atoms with Crippen LogP contribution >= 0.6 is 11.3 Å². The maximum absolute atomic E-state index is 9.39. The Labute approximate surface area is 162 Å². The molecule has 140 valence electrons. The van der Waals surface area contributed by atoms with Crippen molar-refractivity contribution in [1.82, 2.24) is 15.5 Å². The fourth-order valence-corrected chi connectivity index (χ4v) is 3.52. The number of hydrogen-bond acceptors (Lipinski definition) is 8. The van der Waals surface area contributed by atoms with Crippen molar-refractivity contribution in [3.05, 3.63) is 35.0 Å². The lowest BCUT2D eigenvalue weighted by atomic mass is 10.0. The molecule has 1 aromatic heterocycles. The number of aliphatic imine (C=N–C) groups is 1. The summed E-state index contributed by atoms with van der Waals surface area (Å²) in [5, 5.41) is 22.3. The molecule has 3 N–H and O–H groups in total. The molecule has 0 saturated heterocycles. The monoisotopic (exact) mass is 382 g/mol. The van der Waals surface area contributed by atoms with Crippen LogP contribution in [0.25, 0.3) is 10.6 Å². The van der Waals surface area contributed by atoms with E-state index in [1.165, 1.54) is 11.3 Å². The highest BCUT2D eigenvalue weighted by molar-refractivity contribution is 7.18. The first-order valence-corrected chi connectivity index (χ1v) is 9.58. The van der Waals surface area contributed by atoms with Crippen LogP contribution in [0, 0.1) is 11.3 Å². The third-order valence-electron chi connectivity index (χ3n) is 4.08. The van der Waals surface area contributed by atoms with Gasteiger partial charge in [-0.1, -0.05) is 11.3 Å². The SMILES string of the molecule is CC(=Nc1nnc(-c2ccc(OC(C)C)c(C#N)c2)s1)C1=C(N)CCNC1. The molecule has 0 aliphatic carbocycles. The molecule has 2 aromatic rings. The summed E-state index contributed by atoms with van der Waals surface area (Å²) in [7, 11) is 0. The van der Waals surface area contributed by atoms with Gasteiger partial charge in [0.2, 0.25) is 5.13 Å². The number of ether oxygens (including phenoxy) is 1. The lowest BCUT2D eigenvalue weighted by Crippen LogP contribution is -2.30. The molecule has 0 saturated carbocycles. The Hall–Kier alpha value is -2.76. The molecule has 1 aliphatic rings. The first-order chi connectivity index (χ1) is 13.0. The second kappa shape index (κ2) is 8.29. The molecule has 0 radical (unpaired) electrons. The van der Waals surface area contributed by atoms with E-state index in [1.807, 2.05) is 26.8 Å². The minimum absolute atomic E-state index is 0.00409. The number of nitrogens with one attached hydrogen (secondary N) is 1. The zero-order chi connectivity index (χ0) is 19.4. The molecular formula is C19H22N6OS. The van der Waals surface area contributed by atoms with Gasteiger partial charge in [-0.3, -0.25) is 0 Å². The number of hydrogen-bond donors (Lipinski definition) is 2. The van der Waals surface area contributed by atoms with Crippen molar-refractivity contribution in [3.63, 3.8) is 0 Å². The molecule has 0 amide bonds. The number of nitrogens with zero attached hydrogens (tertiary/aromatic N) is 4. The summed E-state index contributed by atoms with van der Waals surface area (Å²) in [6, 6.07) is 7.62. The molecule has 1 aliphatic heterocycles. The maximum Gasteiger partial charge on any atom is 0.232 e. The lowest BCUT2D eigenvalue weighted by molar-refractivity contribution is 0.242. The summed E-state index contributed by atoms with van der Waals surface area (Å²) in [6.07, 6.45) is 0.829. The van der Waals surface area contributed by atoms with Crippen LogP contribution in [-0.2, 0) is 0 Å². The highest BCUT2D eigenvalue weighted by atomic mass is 32.1. The average molecular weight is 382 g/mol. The summed E-state index contributed by atoms with van der Waals surface area (Å²) in [6.45, 7) is 7.40. The van der Waals surface area contributed by atoms with Gasteiger partial charge >= 0.3 is 0 Å². The van der Waals surface area contributed by atoms with Crippen LogP contribution in [-0.4, -0.2) is 35.1 Å². The van der Waals surface area contributed by atoms with Crippen LogP contribution in [0.4, 0.5) is 5.13 Å². The van der Waals surface area contributed by atoms with Crippen molar-refractivity contribution in [2.45, 2.75) is 33.3 Å². The summed E-state index contributed by atoms with van der Waals surface area (Å²) in [4.78, 5) is 4.57. The van der Waals surface area contributed by atoms with E-state index in [1.54, 1.807) is 12.1 Å². The summed E-state index contributed by atoms with van der Waals surface area (Å²) >= 11 is 1.37. The van der Waals surface area contributed by atoms with E-state index < -0.39 is 0 Å². The van der Waals surface area contributed by atoms with Crippen molar-refractivity contribution < 1.29 is 4.74 Å². The van der Waals surface area contributed by atoms with E-state index in [0.29, 0.717) is 21.5 Å². The molecular weight excluding hydrogens is 360 g/mol. The van der Waals surface area contributed by atoms with Crippen LogP contribution in [0.5, 0.6) is 5.75 Å². The first kappa shape index (κ1) is 19.0. The minimum atomic E-state index is 0.00409. The van der Waals surface area contributed by atoms with Crippen LogP contribution < -0.4 is 15.8 Å². The van der Waals surface area contributed by atoms with Crippen molar-refractivity contribution in [2.24, 2.45) is 10.7 Å². The Balaban J connectivity index is 1.86. The number of rotatable bonds is 5. The topological polar surface area (TPSA) is 109 Å². The van der Waals surface area contributed by atoms with Gasteiger partial charge in [-0.2, -0.15) is 5.26 Å². The van der Waals surface area contributed by atoms with E-state index in [0.717, 1.165) is 42.1 Å². The highest BCUT2D eigenvalue weighted by Gasteiger charge is 2.14. The van der Waals surface area contributed by atoms with E-state index in [9.17, 15) is 5.26 Å². The minimum Gasteiger partial charge on any atom is -0.490 e. The highest BCUT2D eigenvalue weighted by Crippen LogP contribution is 2.32. The van der Waals surface area contributed by atoms with Gasteiger partial charge in [-0.05, 0) is 45.4 Å². The Bertz CT molecular complexity index is 938. The Kier molecular flexibility index (Phi) is 5.84. The first-order valence-electron chi connectivity index (χ1n) is 8.76. The summed E-state index contributed by atoms with van der Waals surface area (Å²) < 4.78 is 5.66. The molecule has 27 heavy (non-hydrogen) atoms. The van der Waals surface area contributed by atoms with E-state index in [2.05, 4.69) is 26.6 Å². The molecule has 0 bridgehead atoms. The summed E-state index contributed by atoms with van der Waals surface area (Å²) in [5.41, 5.74) is 10.1. The Morgan fingerprint density at radius 1 is 1.41 bits per heavy atom. The van der Waals surface area contributed by atoms with E-state index in [4.69, 9.17) is 10.5 Å². The molecule has 0 spiro atoms. The van der Waals surface area contributed by atoms with Crippen LogP contribution in [0.3, 0.4) is 0 Å². The quantitative estimate of drug-likeness (QED) is 0.769. The normalized spacial score (nSPS) is 15.1. The zero-order valence-corrected chi connectivity index (χ0v) is 16.4. The molecule has 1 aromatic carbocycles. The standard InChI is InChI=1S/C19H22N6OS/c1-11(2)26-17-5-4-13(8-14(17)9-20)18-24-25-19(27-18)23-12(3)15-10-22-7-6-16(15)21/h4-5,8,11,22H,6-7,10,21H2,1-3H3. The van der Waals surface area contributed by atoms with Crippen molar-refractivity contribution >= 4 is 22.2 Å². The summed E-state index contributed by atoms with van der Waals surface area (Å²) in [5.74, 6) is 0.571. The molecule has 2 heterocycles. The fraction of sp³-hybridized carbons (Fsp3) is 0.368. The van der Waals surface area contributed by atoms with E-state index in [-0.39, 0.29) is 6.10 Å². The third-order valence-corrected chi connectivity index (χ3v) is 4.95. The second-order valence-electron chi connectivity index (χ2n) is 6.51. The number of benzene rings is 1. The van der Waals surface area contributed by atoms with Gasteiger partial charge in [0.25, 0.3) is 0 Å². The lowest BCUT2D eigenvalue weighted by Gasteiger charge is -2.18. The van der Waals surface area contributed by atoms with Gasteiger partial charge < -0.3 is 15.8 Å². The fourth-order valence-electron chi connectivity index (χ4n) is 2.76. The predicted octanol–water partition coefficient (Wildman–Crippen LogP) is 3.16. The van der Waals surface area contributed by atoms with Gasteiger partial charge in [0.1, 0.15) is 16.8 Å². The largest absolute Gasteiger partial charge is 0.490 e. The molecule has 0 fully saturated rings. The number of aromatic nitrogens is 2. The van der Waals surface area contributed by atoms with Crippen LogP contribution in [0.1, 0.15) is 32.8 Å². The van der Waals surface area contributed by atoms with Crippen LogP contribution in [0.2, 0.25) is 0 Å². The molecule has 0 unspecified atom stereocenters. The Morgan fingerprint density at radius 3 is 2.93 bits per heavy atom. The van der Waals surface area contributed by atoms with Gasteiger partial charge in [-0.25, -0.2) is 4.99 Å². The smallest absolute Gasteiger partial charge is 0.232 e. The predicted molar refractivity (Wildman–Crippen MR) is 107 cm³/mol. The maximum atomic E-state index is 9.39. The molecule has 7 nitrogen and oxygen atoms in total. The Morgan fingerprint density at radius 2 is 2.22 bits per heavy atom. The van der Waals surface area contributed by atoms with Gasteiger partial charge in [0, 0.05) is 35.6 Å². The van der Waals surface area contributed by atoms with E-state index >= 15 is 0 Å². The third kappa shape index (κ3) is 4.51. The zero-order valence-electron chi connectivity index (χ0n) is 15.6. The molecule has 8 heteroatoms. The molecule has 0 atom stereocenters. The number of nitriles is 1. The van der Waals surface area contributed by atoms with Crippen molar-refractivity contribution in [1.29, 1.82) is 5.26 Å². The number of nitrogens with two attached hydrogens (primary N) is 1. The van der Waals surface area contributed by atoms with Crippen molar-refractivity contribution in [2.75, 3.05) is 13.1 Å². The average Bonchev–Trinajstić information content (AvgIpc) is 3.10. The van der Waals surface area contributed by atoms with Gasteiger partial charge in [0.15, 0.2) is 0 Å².